The molecule has 0 unspecified atom stereocenters. The van der Waals surface area contributed by atoms with E-state index in [2.05, 4.69) is 20.0 Å². The number of imidazole rings is 1. The van der Waals surface area contributed by atoms with Gasteiger partial charge in [-0.1, -0.05) is 0 Å². The van der Waals surface area contributed by atoms with Crippen LogP contribution in [0.5, 0.6) is 0 Å². The summed E-state index contributed by atoms with van der Waals surface area (Å²) in [5.74, 6) is 0.623. The first-order chi connectivity index (χ1) is 11.1. The van der Waals surface area contributed by atoms with Gasteiger partial charge < -0.3 is 9.72 Å². The molecule has 0 spiro atoms. The molecule has 0 bridgehead atoms. The molecule has 0 saturated carbocycles. The number of aromatic nitrogens is 4. The number of fused-ring (bicyclic) bond motifs is 1. The Labute approximate surface area is 135 Å². The number of aromatic amines is 1. The lowest BCUT2D eigenvalue weighted by atomic mass is 10.0. The molecule has 0 amide bonds. The summed E-state index contributed by atoms with van der Waals surface area (Å²) in [6.45, 7) is 9.35. The van der Waals surface area contributed by atoms with E-state index in [4.69, 9.17) is 4.74 Å². The Hall–Kier alpha value is -2.15. The van der Waals surface area contributed by atoms with Crippen LogP contribution in [0.25, 0.3) is 0 Å². The highest BCUT2D eigenvalue weighted by Gasteiger charge is 2.28. The molecule has 1 aliphatic heterocycles. The van der Waals surface area contributed by atoms with Gasteiger partial charge in [0.2, 0.25) is 0 Å². The van der Waals surface area contributed by atoms with Crippen molar-refractivity contribution in [3.05, 3.63) is 34.7 Å². The third kappa shape index (κ3) is 3.14. The highest BCUT2D eigenvalue weighted by Crippen LogP contribution is 2.24. The highest BCUT2D eigenvalue weighted by molar-refractivity contribution is 5.89. The van der Waals surface area contributed by atoms with Crippen molar-refractivity contribution in [2.24, 2.45) is 0 Å². The third-order valence-electron chi connectivity index (χ3n) is 4.11. The Morgan fingerprint density at radius 1 is 1.43 bits per heavy atom. The molecular formula is C16H23N5O2. The molecule has 0 radical (unpaired) electrons. The van der Waals surface area contributed by atoms with Gasteiger partial charge in [0.1, 0.15) is 5.82 Å². The molecule has 1 aliphatic rings. The zero-order chi connectivity index (χ0) is 16.4. The van der Waals surface area contributed by atoms with Gasteiger partial charge in [-0.25, -0.2) is 9.78 Å². The van der Waals surface area contributed by atoms with Crippen molar-refractivity contribution in [1.82, 2.24) is 24.6 Å². The molecule has 7 nitrogen and oxygen atoms in total. The van der Waals surface area contributed by atoms with Crippen molar-refractivity contribution >= 4 is 5.97 Å². The van der Waals surface area contributed by atoms with Gasteiger partial charge in [0.25, 0.3) is 0 Å². The van der Waals surface area contributed by atoms with Crippen LogP contribution in [0.2, 0.25) is 0 Å². The van der Waals surface area contributed by atoms with Gasteiger partial charge >= 0.3 is 5.97 Å². The summed E-state index contributed by atoms with van der Waals surface area (Å²) in [6.07, 6.45) is 2.72. The normalized spacial score (nSPS) is 14.7. The number of aryl methyl sites for hydroxylation is 2. The maximum Gasteiger partial charge on any atom is 0.359 e. The monoisotopic (exact) mass is 317 g/mol. The van der Waals surface area contributed by atoms with E-state index in [9.17, 15) is 4.79 Å². The SMILES string of the molecule is CCOC(=O)c1nn(CC)c2c1CN(Cc1ncc(C)[nH]1)CC2. The van der Waals surface area contributed by atoms with Gasteiger partial charge in [-0.3, -0.25) is 9.58 Å². The molecule has 2 aromatic heterocycles. The molecule has 124 valence electrons. The second-order valence-electron chi connectivity index (χ2n) is 5.78. The Bertz CT molecular complexity index is 703. The Morgan fingerprint density at radius 2 is 2.26 bits per heavy atom. The number of esters is 1. The van der Waals surface area contributed by atoms with E-state index in [0.29, 0.717) is 18.8 Å². The molecule has 0 aromatic carbocycles. The Kier molecular flexibility index (Phi) is 4.47. The number of nitrogens with zero attached hydrogens (tertiary/aromatic N) is 4. The number of ether oxygens (including phenoxy) is 1. The second-order valence-corrected chi connectivity index (χ2v) is 5.78. The number of carbonyl (C=O) groups excluding carboxylic acids is 1. The molecule has 2 aromatic rings. The van der Waals surface area contributed by atoms with Crippen molar-refractivity contribution < 1.29 is 9.53 Å². The standard InChI is InChI=1S/C16H23N5O2/c1-4-21-13-6-7-20(10-14-17-8-11(3)18-14)9-12(13)15(19-21)16(22)23-5-2/h8H,4-7,9-10H2,1-3H3,(H,17,18). The smallest absolute Gasteiger partial charge is 0.359 e. The largest absolute Gasteiger partial charge is 0.461 e. The average molecular weight is 317 g/mol. The minimum Gasteiger partial charge on any atom is -0.461 e. The summed E-state index contributed by atoms with van der Waals surface area (Å²) in [4.78, 5) is 22.1. The summed E-state index contributed by atoms with van der Waals surface area (Å²) in [5.41, 5.74) is 3.68. The van der Waals surface area contributed by atoms with E-state index in [1.54, 1.807) is 0 Å². The predicted molar refractivity (Wildman–Crippen MR) is 85.0 cm³/mol. The first-order valence-electron chi connectivity index (χ1n) is 8.10. The van der Waals surface area contributed by atoms with Gasteiger partial charge in [-0.15, -0.1) is 0 Å². The minimum absolute atomic E-state index is 0.327. The van der Waals surface area contributed by atoms with E-state index in [0.717, 1.165) is 48.8 Å². The molecule has 3 rings (SSSR count). The molecule has 3 heterocycles. The summed E-state index contributed by atoms with van der Waals surface area (Å²) in [5, 5.41) is 4.47. The maximum absolute atomic E-state index is 12.2. The van der Waals surface area contributed by atoms with Crippen LogP contribution in [0, 0.1) is 6.92 Å². The first-order valence-corrected chi connectivity index (χ1v) is 8.10. The summed E-state index contributed by atoms with van der Waals surface area (Å²) in [7, 11) is 0. The van der Waals surface area contributed by atoms with Gasteiger partial charge in [0, 0.05) is 49.2 Å². The molecule has 23 heavy (non-hydrogen) atoms. The van der Waals surface area contributed by atoms with Crippen LogP contribution < -0.4 is 0 Å². The number of hydrogen-bond acceptors (Lipinski definition) is 5. The number of rotatable bonds is 5. The van der Waals surface area contributed by atoms with Crippen molar-refractivity contribution in [1.29, 1.82) is 0 Å². The van der Waals surface area contributed by atoms with Crippen molar-refractivity contribution in [3.63, 3.8) is 0 Å². The molecule has 1 N–H and O–H groups in total. The van der Waals surface area contributed by atoms with Crippen LogP contribution in [0.4, 0.5) is 0 Å². The fourth-order valence-electron chi connectivity index (χ4n) is 3.07. The lowest BCUT2D eigenvalue weighted by Crippen LogP contribution is -2.31. The molecule has 7 heteroatoms. The molecule has 0 saturated heterocycles. The van der Waals surface area contributed by atoms with Crippen LogP contribution in [0.3, 0.4) is 0 Å². The quantitative estimate of drug-likeness (QED) is 0.849. The topological polar surface area (TPSA) is 76.0 Å². The fourth-order valence-corrected chi connectivity index (χ4v) is 3.07. The Balaban J connectivity index is 1.83. The lowest BCUT2D eigenvalue weighted by molar-refractivity contribution is 0.0515. The number of H-pyrrole nitrogens is 1. The van der Waals surface area contributed by atoms with E-state index >= 15 is 0 Å². The first kappa shape index (κ1) is 15.7. The number of hydrogen-bond donors (Lipinski definition) is 1. The van der Waals surface area contributed by atoms with E-state index < -0.39 is 0 Å². The highest BCUT2D eigenvalue weighted by atomic mass is 16.5. The molecule has 0 aliphatic carbocycles. The summed E-state index contributed by atoms with van der Waals surface area (Å²) >= 11 is 0. The van der Waals surface area contributed by atoms with Crippen LogP contribution in [-0.4, -0.2) is 43.8 Å². The third-order valence-corrected chi connectivity index (χ3v) is 4.11. The van der Waals surface area contributed by atoms with Gasteiger partial charge in [0.15, 0.2) is 5.69 Å². The molecule has 0 fully saturated rings. The van der Waals surface area contributed by atoms with Crippen molar-refractivity contribution in [2.75, 3.05) is 13.2 Å². The fraction of sp³-hybridized carbons (Fsp3) is 0.562. The Morgan fingerprint density at radius 3 is 2.91 bits per heavy atom. The second kappa shape index (κ2) is 6.54. The van der Waals surface area contributed by atoms with Crippen molar-refractivity contribution in [3.8, 4) is 0 Å². The minimum atomic E-state index is -0.327. The number of nitrogens with one attached hydrogen (secondary N) is 1. The summed E-state index contributed by atoms with van der Waals surface area (Å²) in [6, 6.07) is 0. The van der Waals surface area contributed by atoms with E-state index in [1.807, 2.05) is 31.6 Å². The molecular weight excluding hydrogens is 294 g/mol. The van der Waals surface area contributed by atoms with E-state index in [1.165, 1.54) is 0 Å². The molecule has 0 atom stereocenters. The average Bonchev–Trinajstić information content (AvgIpc) is 3.10. The van der Waals surface area contributed by atoms with Crippen LogP contribution >= 0.6 is 0 Å². The van der Waals surface area contributed by atoms with Crippen molar-refractivity contribution in [2.45, 2.75) is 46.8 Å². The lowest BCUT2D eigenvalue weighted by Gasteiger charge is -2.26. The maximum atomic E-state index is 12.2. The van der Waals surface area contributed by atoms with E-state index in [-0.39, 0.29) is 5.97 Å². The van der Waals surface area contributed by atoms with Gasteiger partial charge in [-0.2, -0.15) is 5.10 Å². The zero-order valence-corrected chi connectivity index (χ0v) is 13.9. The predicted octanol–water partition coefficient (Wildman–Crippen LogP) is 1.67. The van der Waals surface area contributed by atoms with Crippen LogP contribution in [-0.2, 0) is 30.8 Å². The van der Waals surface area contributed by atoms with Gasteiger partial charge in [0.05, 0.1) is 13.2 Å². The summed E-state index contributed by atoms with van der Waals surface area (Å²) < 4.78 is 7.08. The van der Waals surface area contributed by atoms with Gasteiger partial charge in [-0.05, 0) is 20.8 Å². The zero-order valence-electron chi connectivity index (χ0n) is 13.9. The van der Waals surface area contributed by atoms with Crippen LogP contribution in [0.1, 0.15) is 47.1 Å². The van der Waals surface area contributed by atoms with Crippen LogP contribution in [0.15, 0.2) is 6.20 Å². The number of carbonyl (C=O) groups is 1.